The lowest BCUT2D eigenvalue weighted by molar-refractivity contribution is -0.192. The average molecular weight is 540 g/mol. The Balaban J connectivity index is 0.000000604. The van der Waals surface area contributed by atoms with Crippen molar-refractivity contribution in [3.8, 4) is 0 Å². The van der Waals surface area contributed by atoms with Crippen LogP contribution < -0.4 is 21.9 Å². The van der Waals surface area contributed by atoms with E-state index in [2.05, 4.69) is 15.6 Å². The van der Waals surface area contributed by atoms with Crippen molar-refractivity contribution >= 4 is 35.0 Å². The molecule has 1 aromatic heterocycles. The third kappa shape index (κ3) is 9.24. The number of carboxylic acids is 1. The molecule has 3 aromatic rings. The van der Waals surface area contributed by atoms with Crippen LogP contribution in [0.1, 0.15) is 16.8 Å². The van der Waals surface area contributed by atoms with Gasteiger partial charge in [-0.15, -0.1) is 0 Å². The van der Waals surface area contributed by atoms with Crippen LogP contribution >= 0.6 is 11.6 Å². The molecule has 13 heteroatoms. The van der Waals surface area contributed by atoms with E-state index in [9.17, 15) is 22.8 Å². The number of rotatable bonds is 8. The van der Waals surface area contributed by atoms with Crippen molar-refractivity contribution in [3.05, 3.63) is 86.9 Å². The van der Waals surface area contributed by atoms with Gasteiger partial charge in [-0.25, -0.2) is 9.78 Å². The highest BCUT2D eigenvalue weighted by molar-refractivity contribution is 6.30. The number of nitrogens with two attached hydrogens (primary N) is 1. The van der Waals surface area contributed by atoms with Gasteiger partial charge in [0.1, 0.15) is 6.54 Å². The quantitative estimate of drug-likeness (QED) is 0.343. The van der Waals surface area contributed by atoms with Gasteiger partial charge in [-0.1, -0.05) is 54.1 Å². The summed E-state index contributed by atoms with van der Waals surface area (Å²) in [7, 11) is 0. The molecule has 0 aliphatic rings. The van der Waals surface area contributed by atoms with Gasteiger partial charge in [0.15, 0.2) is 11.0 Å². The molecule has 0 saturated carbocycles. The van der Waals surface area contributed by atoms with E-state index < -0.39 is 17.7 Å². The minimum Gasteiger partial charge on any atom is -0.475 e. The molecule has 5 N–H and O–H groups in total. The van der Waals surface area contributed by atoms with Crippen LogP contribution in [0.15, 0.2) is 59.4 Å². The zero-order valence-electron chi connectivity index (χ0n) is 19.7. The van der Waals surface area contributed by atoms with Crippen LogP contribution in [0.2, 0.25) is 5.15 Å². The zero-order chi connectivity index (χ0) is 27.6. The maximum Gasteiger partial charge on any atom is 0.490 e. The first kappa shape index (κ1) is 29.3. The SMILES string of the molecule is Cc1c(Cl)nc(NCCc2ccccc2)c(=O)n1CC(=O)Nc1cccc(CN)c1.O=C(O)C(F)(F)F. The van der Waals surface area contributed by atoms with Crippen LogP contribution in [0.5, 0.6) is 0 Å². The minimum atomic E-state index is -5.08. The molecule has 0 bridgehead atoms. The van der Waals surface area contributed by atoms with E-state index in [1.165, 1.54) is 4.57 Å². The molecular weight excluding hydrogens is 515 g/mol. The second-order valence-corrected chi connectivity index (χ2v) is 8.00. The molecule has 0 aliphatic carbocycles. The number of carbonyl (C=O) groups is 2. The van der Waals surface area contributed by atoms with Crippen LogP contribution in [0.25, 0.3) is 0 Å². The molecule has 1 heterocycles. The second-order valence-electron chi connectivity index (χ2n) is 7.65. The van der Waals surface area contributed by atoms with Gasteiger partial charge in [-0.3, -0.25) is 14.2 Å². The van der Waals surface area contributed by atoms with E-state index >= 15 is 0 Å². The maximum atomic E-state index is 12.9. The Labute approximate surface area is 215 Å². The number of carboxylic acid groups (broad SMARTS) is 1. The number of hydrogen-bond donors (Lipinski definition) is 4. The first-order valence-corrected chi connectivity index (χ1v) is 11.2. The van der Waals surface area contributed by atoms with Crippen molar-refractivity contribution in [2.24, 2.45) is 5.73 Å². The van der Waals surface area contributed by atoms with Gasteiger partial charge in [-0.2, -0.15) is 13.2 Å². The Hall–Kier alpha value is -3.90. The summed E-state index contributed by atoms with van der Waals surface area (Å²) in [6, 6.07) is 17.2. The molecule has 1 amide bonds. The largest absolute Gasteiger partial charge is 0.490 e. The Morgan fingerprint density at radius 3 is 2.32 bits per heavy atom. The lowest BCUT2D eigenvalue weighted by atomic mass is 10.1. The van der Waals surface area contributed by atoms with Gasteiger partial charge in [0.2, 0.25) is 5.91 Å². The van der Waals surface area contributed by atoms with Crippen LogP contribution in [-0.2, 0) is 29.1 Å². The fourth-order valence-electron chi connectivity index (χ4n) is 3.01. The molecule has 198 valence electrons. The van der Waals surface area contributed by atoms with E-state index in [0.717, 1.165) is 17.5 Å². The summed E-state index contributed by atoms with van der Waals surface area (Å²) in [5.74, 6) is -2.97. The fraction of sp³-hybridized carbons (Fsp3) is 0.250. The number of aromatic nitrogens is 2. The summed E-state index contributed by atoms with van der Waals surface area (Å²) >= 11 is 6.21. The summed E-state index contributed by atoms with van der Waals surface area (Å²) in [4.78, 5) is 38.4. The normalized spacial score (nSPS) is 10.8. The minimum absolute atomic E-state index is 0.125. The Kier molecular flexibility index (Phi) is 10.6. The zero-order valence-corrected chi connectivity index (χ0v) is 20.4. The predicted octanol–water partition coefficient (Wildman–Crippen LogP) is 3.59. The van der Waals surface area contributed by atoms with Gasteiger partial charge in [0, 0.05) is 18.8 Å². The smallest absolute Gasteiger partial charge is 0.475 e. The molecule has 0 radical (unpaired) electrons. The van der Waals surface area contributed by atoms with Gasteiger partial charge in [0.05, 0.1) is 5.69 Å². The summed E-state index contributed by atoms with van der Waals surface area (Å²) in [5, 5.41) is 13.1. The molecular formula is C24H25ClF3N5O4. The molecule has 0 atom stereocenters. The van der Waals surface area contributed by atoms with Crippen molar-refractivity contribution in [2.75, 3.05) is 17.2 Å². The van der Waals surface area contributed by atoms with Gasteiger partial charge in [-0.05, 0) is 36.6 Å². The van der Waals surface area contributed by atoms with Gasteiger partial charge >= 0.3 is 12.1 Å². The number of alkyl halides is 3. The van der Waals surface area contributed by atoms with Crippen molar-refractivity contribution < 1.29 is 27.9 Å². The molecule has 37 heavy (non-hydrogen) atoms. The lowest BCUT2D eigenvalue weighted by Crippen LogP contribution is -2.32. The highest BCUT2D eigenvalue weighted by Gasteiger charge is 2.38. The highest BCUT2D eigenvalue weighted by atomic mass is 35.5. The van der Waals surface area contributed by atoms with E-state index in [1.807, 2.05) is 42.5 Å². The number of halogens is 4. The number of nitrogens with zero attached hydrogens (tertiary/aromatic N) is 2. The molecule has 0 spiro atoms. The van der Waals surface area contributed by atoms with Crippen molar-refractivity contribution in [1.29, 1.82) is 0 Å². The number of amides is 1. The molecule has 3 rings (SSSR count). The Morgan fingerprint density at radius 1 is 1.11 bits per heavy atom. The van der Waals surface area contributed by atoms with Gasteiger partial charge in [0.25, 0.3) is 5.56 Å². The second kappa shape index (κ2) is 13.4. The number of aliphatic carboxylic acids is 1. The van der Waals surface area contributed by atoms with E-state index in [-0.39, 0.29) is 23.4 Å². The number of anilines is 2. The molecule has 9 nitrogen and oxygen atoms in total. The molecule has 0 aliphatic heterocycles. The summed E-state index contributed by atoms with van der Waals surface area (Å²) in [6.07, 6.45) is -4.36. The van der Waals surface area contributed by atoms with Gasteiger partial charge < -0.3 is 21.5 Å². The Bertz CT molecular complexity index is 1280. The van der Waals surface area contributed by atoms with Crippen LogP contribution in [0, 0.1) is 6.92 Å². The lowest BCUT2D eigenvalue weighted by Gasteiger charge is -2.14. The van der Waals surface area contributed by atoms with Crippen molar-refractivity contribution in [2.45, 2.75) is 32.6 Å². The fourth-order valence-corrected chi connectivity index (χ4v) is 3.20. The summed E-state index contributed by atoms with van der Waals surface area (Å²) in [5.41, 5.74) is 8.34. The van der Waals surface area contributed by atoms with E-state index in [4.69, 9.17) is 27.2 Å². The van der Waals surface area contributed by atoms with E-state index in [1.54, 1.807) is 19.1 Å². The number of nitrogens with one attached hydrogen (secondary N) is 2. The van der Waals surface area contributed by atoms with Crippen LogP contribution in [0.4, 0.5) is 24.7 Å². The first-order chi connectivity index (χ1) is 17.4. The third-order valence-electron chi connectivity index (χ3n) is 4.90. The predicted molar refractivity (Wildman–Crippen MR) is 134 cm³/mol. The van der Waals surface area contributed by atoms with Crippen molar-refractivity contribution in [1.82, 2.24) is 9.55 Å². The third-order valence-corrected chi connectivity index (χ3v) is 5.26. The van der Waals surface area contributed by atoms with Crippen LogP contribution in [-0.4, -0.2) is 39.3 Å². The first-order valence-electron chi connectivity index (χ1n) is 10.9. The standard InChI is InChI=1S/C22H24ClN5O2.C2HF3O2/c1-15-20(23)27-21(25-11-10-16-6-3-2-4-7-16)22(30)28(15)14-19(29)26-18-9-5-8-17(12-18)13-24;3-2(4,5)1(6)7/h2-9,12H,10-11,13-14,24H2,1H3,(H,25,27)(H,26,29);(H,6,7). The average Bonchev–Trinajstić information content (AvgIpc) is 2.85. The summed E-state index contributed by atoms with van der Waals surface area (Å²) in [6.45, 7) is 2.38. The maximum absolute atomic E-state index is 12.9. The molecule has 0 fully saturated rings. The number of carbonyl (C=O) groups excluding carboxylic acids is 1. The van der Waals surface area contributed by atoms with Crippen LogP contribution in [0.3, 0.4) is 0 Å². The van der Waals surface area contributed by atoms with Crippen molar-refractivity contribution in [3.63, 3.8) is 0 Å². The molecule has 0 saturated heterocycles. The van der Waals surface area contributed by atoms with E-state index in [0.29, 0.717) is 24.5 Å². The Morgan fingerprint density at radius 2 is 1.73 bits per heavy atom. The molecule has 0 unspecified atom stereocenters. The molecule has 2 aromatic carbocycles. The number of hydrogen-bond acceptors (Lipinski definition) is 6. The monoisotopic (exact) mass is 539 g/mol. The summed E-state index contributed by atoms with van der Waals surface area (Å²) < 4.78 is 33.1. The number of benzene rings is 2. The highest BCUT2D eigenvalue weighted by Crippen LogP contribution is 2.14. The topological polar surface area (TPSA) is 139 Å².